The van der Waals surface area contributed by atoms with Crippen LogP contribution in [0.25, 0.3) is 0 Å². The molecule has 9 nitrogen and oxygen atoms in total. The summed E-state index contributed by atoms with van der Waals surface area (Å²) in [6.45, 7) is 2.24. The van der Waals surface area contributed by atoms with Gasteiger partial charge in [0.15, 0.2) is 6.61 Å². The third kappa shape index (κ3) is 5.63. The Morgan fingerprint density at radius 1 is 1.40 bits per heavy atom. The number of imide groups is 1. The largest absolute Gasteiger partial charge is 0.467 e. The molecule has 0 radical (unpaired) electrons. The Balaban J connectivity index is 1.73. The van der Waals surface area contributed by atoms with Gasteiger partial charge in [-0.05, 0) is 18.6 Å². The topological polar surface area (TPSA) is 118 Å². The Morgan fingerprint density at radius 2 is 2.20 bits per heavy atom. The van der Waals surface area contributed by atoms with Gasteiger partial charge in [-0.1, -0.05) is 6.92 Å². The van der Waals surface area contributed by atoms with Gasteiger partial charge in [-0.25, -0.2) is 4.79 Å². The van der Waals surface area contributed by atoms with Crippen molar-refractivity contribution in [1.29, 1.82) is 0 Å². The van der Waals surface area contributed by atoms with Crippen molar-refractivity contribution in [3.8, 4) is 0 Å². The third-order valence-corrected chi connectivity index (χ3v) is 3.61. The molecule has 2 heterocycles. The summed E-state index contributed by atoms with van der Waals surface area (Å²) in [7, 11) is 0. The maximum absolute atomic E-state index is 12.0. The summed E-state index contributed by atoms with van der Waals surface area (Å²) in [4.78, 5) is 48.3. The van der Waals surface area contributed by atoms with E-state index in [-0.39, 0.29) is 25.4 Å². The predicted molar refractivity (Wildman–Crippen MR) is 85.0 cm³/mol. The van der Waals surface area contributed by atoms with E-state index in [0.717, 1.165) is 6.42 Å². The van der Waals surface area contributed by atoms with Crippen LogP contribution in [0.15, 0.2) is 22.8 Å². The molecule has 136 valence electrons. The molecule has 0 saturated carbocycles. The summed E-state index contributed by atoms with van der Waals surface area (Å²) in [6, 6.07) is 2.83. The summed E-state index contributed by atoms with van der Waals surface area (Å²) in [5, 5.41) is 4.52. The zero-order valence-electron chi connectivity index (χ0n) is 13.9. The molecule has 25 heavy (non-hydrogen) atoms. The van der Waals surface area contributed by atoms with Gasteiger partial charge in [-0.2, -0.15) is 0 Å². The standard InChI is InChI=1S/C16H21N3O6/c1-2-5-17-16(23)18-13(20)10-25-15(22)11-7-14(21)19(8-11)9-12-4-3-6-24-12/h3-4,6,11H,2,5,7-10H2,1H3,(H2,17,18,20,23)/t11-/m1/s1. The molecule has 4 amide bonds. The highest BCUT2D eigenvalue weighted by Crippen LogP contribution is 2.21. The summed E-state index contributed by atoms with van der Waals surface area (Å²) < 4.78 is 10.1. The number of hydrogen-bond acceptors (Lipinski definition) is 6. The molecule has 9 heteroatoms. The monoisotopic (exact) mass is 351 g/mol. The summed E-state index contributed by atoms with van der Waals surface area (Å²) in [5.74, 6) is -1.55. The number of hydrogen-bond donors (Lipinski definition) is 2. The average molecular weight is 351 g/mol. The van der Waals surface area contributed by atoms with Crippen LogP contribution in [-0.2, 0) is 25.7 Å². The molecule has 0 aliphatic carbocycles. The average Bonchev–Trinajstić information content (AvgIpc) is 3.21. The van der Waals surface area contributed by atoms with Crippen LogP contribution in [0.5, 0.6) is 0 Å². The number of rotatable bonds is 7. The number of likely N-dealkylation sites (tertiary alicyclic amines) is 1. The Morgan fingerprint density at radius 3 is 2.88 bits per heavy atom. The molecular formula is C16H21N3O6. The van der Waals surface area contributed by atoms with Crippen molar-refractivity contribution in [2.24, 2.45) is 5.92 Å². The lowest BCUT2D eigenvalue weighted by atomic mass is 10.1. The zero-order valence-corrected chi connectivity index (χ0v) is 13.9. The van der Waals surface area contributed by atoms with Gasteiger partial charge in [-0.15, -0.1) is 0 Å². The van der Waals surface area contributed by atoms with Gasteiger partial charge in [-0.3, -0.25) is 19.7 Å². The number of ether oxygens (including phenoxy) is 1. The van der Waals surface area contributed by atoms with Crippen LogP contribution in [0.2, 0.25) is 0 Å². The van der Waals surface area contributed by atoms with E-state index in [1.165, 1.54) is 11.2 Å². The lowest BCUT2D eigenvalue weighted by Crippen LogP contribution is -2.42. The van der Waals surface area contributed by atoms with Gasteiger partial charge < -0.3 is 19.4 Å². The van der Waals surface area contributed by atoms with E-state index in [9.17, 15) is 19.2 Å². The van der Waals surface area contributed by atoms with Crippen LogP contribution in [0.1, 0.15) is 25.5 Å². The molecule has 1 atom stereocenters. The first-order chi connectivity index (χ1) is 12.0. The number of esters is 1. The minimum absolute atomic E-state index is 0.0259. The van der Waals surface area contributed by atoms with Crippen molar-refractivity contribution in [2.75, 3.05) is 19.7 Å². The second kappa shape index (κ2) is 8.86. The fourth-order valence-corrected chi connectivity index (χ4v) is 2.37. The summed E-state index contributed by atoms with van der Waals surface area (Å²) >= 11 is 0. The van der Waals surface area contributed by atoms with Gasteiger partial charge in [0.25, 0.3) is 5.91 Å². The number of nitrogens with zero attached hydrogens (tertiary/aromatic N) is 1. The molecule has 0 aromatic carbocycles. The van der Waals surface area contributed by atoms with Crippen molar-refractivity contribution in [3.63, 3.8) is 0 Å². The van der Waals surface area contributed by atoms with E-state index in [1.807, 2.05) is 6.92 Å². The number of carbonyl (C=O) groups excluding carboxylic acids is 4. The molecule has 0 unspecified atom stereocenters. The molecule has 2 N–H and O–H groups in total. The van der Waals surface area contributed by atoms with Crippen LogP contribution in [0, 0.1) is 5.92 Å². The first kappa shape index (κ1) is 18.5. The highest BCUT2D eigenvalue weighted by atomic mass is 16.5. The van der Waals surface area contributed by atoms with Crippen LogP contribution in [-0.4, -0.2) is 48.4 Å². The quantitative estimate of drug-likeness (QED) is 0.687. The summed E-state index contributed by atoms with van der Waals surface area (Å²) in [5.41, 5.74) is 0. The molecule has 0 bridgehead atoms. The maximum atomic E-state index is 12.0. The number of urea groups is 1. The first-order valence-corrected chi connectivity index (χ1v) is 8.04. The number of furan rings is 1. The maximum Gasteiger partial charge on any atom is 0.321 e. The van der Waals surface area contributed by atoms with Crippen LogP contribution in [0.4, 0.5) is 4.79 Å². The van der Waals surface area contributed by atoms with Crippen molar-refractivity contribution in [2.45, 2.75) is 26.3 Å². The summed E-state index contributed by atoms with van der Waals surface area (Å²) in [6.07, 6.45) is 2.27. The van der Waals surface area contributed by atoms with Crippen molar-refractivity contribution < 1.29 is 28.3 Å². The van der Waals surface area contributed by atoms with Crippen LogP contribution >= 0.6 is 0 Å². The van der Waals surface area contributed by atoms with Crippen LogP contribution in [0.3, 0.4) is 0 Å². The molecule has 2 rings (SSSR count). The number of amides is 4. The third-order valence-electron chi connectivity index (χ3n) is 3.61. The highest BCUT2D eigenvalue weighted by molar-refractivity contribution is 5.96. The van der Waals surface area contributed by atoms with Crippen molar-refractivity contribution in [1.82, 2.24) is 15.5 Å². The fourth-order valence-electron chi connectivity index (χ4n) is 2.37. The van der Waals surface area contributed by atoms with Gasteiger partial charge in [0, 0.05) is 19.5 Å². The number of nitrogens with one attached hydrogen (secondary N) is 2. The van der Waals surface area contributed by atoms with Gasteiger partial charge in [0.2, 0.25) is 5.91 Å². The van der Waals surface area contributed by atoms with E-state index in [1.54, 1.807) is 12.1 Å². The van der Waals surface area contributed by atoms with Crippen molar-refractivity contribution >= 4 is 23.8 Å². The van der Waals surface area contributed by atoms with E-state index in [2.05, 4.69) is 10.6 Å². The SMILES string of the molecule is CCCNC(=O)NC(=O)COC(=O)[C@@H]1CC(=O)N(Cc2ccco2)C1. The molecule has 0 spiro atoms. The lowest BCUT2D eigenvalue weighted by Gasteiger charge is -2.14. The normalized spacial score (nSPS) is 16.6. The Labute approximate surface area is 144 Å². The van der Waals surface area contributed by atoms with Crippen LogP contribution < -0.4 is 10.6 Å². The van der Waals surface area contributed by atoms with E-state index in [0.29, 0.717) is 12.3 Å². The molecule has 1 fully saturated rings. The minimum atomic E-state index is -0.723. The molecule has 1 aliphatic heterocycles. The zero-order chi connectivity index (χ0) is 18.2. The highest BCUT2D eigenvalue weighted by Gasteiger charge is 2.35. The minimum Gasteiger partial charge on any atom is -0.467 e. The molecular weight excluding hydrogens is 330 g/mol. The van der Waals surface area contributed by atoms with Gasteiger partial charge in [0.05, 0.1) is 18.7 Å². The molecule has 1 aromatic heterocycles. The van der Waals surface area contributed by atoms with E-state index >= 15 is 0 Å². The molecule has 1 aliphatic rings. The Bertz CT molecular complexity index is 628. The van der Waals surface area contributed by atoms with Gasteiger partial charge in [0.1, 0.15) is 5.76 Å². The lowest BCUT2D eigenvalue weighted by molar-refractivity contribution is -0.152. The second-order valence-electron chi connectivity index (χ2n) is 5.67. The Hall–Kier alpha value is -2.84. The fraction of sp³-hybridized carbons (Fsp3) is 0.500. The van der Waals surface area contributed by atoms with E-state index in [4.69, 9.17) is 9.15 Å². The molecule has 1 saturated heterocycles. The van der Waals surface area contributed by atoms with Gasteiger partial charge >= 0.3 is 12.0 Å². The predicted octanol–water partition coefficient (Wildman–Crippen LogP) is 0.407. The van der Waals surface area contributed by atoms with E-state index < -0.39 is 30.4 Å². The smallest absolute Gasteiger partial charge is 0.321 e. The molecule has 1 aromatic rings. The second-order valence-corrected chi connectivity index (χ2v) is 5.67. The van der Waals surface area contributed by atoms with Crippen molar-refractivity contribution in [3.05, 3.63) is 24.2 Å². The number of carbonyl (C=O) groups is 4. The Kier molecular flexibility index (Phi) is 6.55. The first-order valence-electron chi connectivity index (χ1n) is 8.04.